The molecule has 8 aromatic rings. The Hall–Kier alpha value is -5.68. The molecule has 0 bridgehead atoms. The molecule has 0 saturated carbocycles. The van der Waals surface area contributed by atoms with Crippen molar-refractivity contribution < 1.29 is 0 Å². The van der Waals surface area contributed by atoms with Gasteiger partial charge in [0.25, 0.3) is 0 Å². The zero-order chi connectivity index (χ0) is 27.2. The molecule has 0 aliphatic rings. The van der Waals surface area contributed by atoms with Crippen molar-refractivity contribution in [3.63, 3.8) is 0 Å². The topological polar surface area (TPSA) is 56.0 Å². The fraction of sp³-hybridized carbons (Fsp3) is 0. The first-order valence-electron chi connectivity index (χ1n) is 13.5. The normalized spacial score (nSPS) is 11.4. The molecule has 0 atom stereocenters. The molecule has 8 rings (SSSR count). The minimum atomic E-state index is 0.884. The highest BCUT2D eigenvalue weighted by Crippen LogP contribution is 2.36. The molecule has 0 radical (unpaired) electrons. The number of hydrogen-bond donors (Lipinski definition) is 0. The van der Waals surface area contributed by atoms with Crippen LogP contribution < -0.4 is 0 Å². The van der Waals surface area contributed by atoms with Crippen LogP contribution in [-0.2, 0) is 0 Å². The van der Waals surface area contributed by atoms with Gasteiger partial charge in [0.05, 0.1) is 16.7 Å². The number of rotatable bonds is 4. The van der Waals surface area contributed by atoms with Crippen molar-refractivity contribution in [3.05, 3.63) is 140 Å². The van der Waals surface area contributed by atoms with Crippen LogP contribution in [-0.4, -0.2) is 24.3 Å². The highest BCUT2D eigenvalue weighted by Gasteiger charge is 2.17. The van der Waals surface area contributed by atoms with E-state index in [9.17, 15) is 0 Å². The van der Waals surface area contributed by atoms with Crippen molar-refractivity contribution in [3.8, 4) is 44.6 Å². The second-order valence-electron chi connectivity index (χ2n) is 10.1. The number of para-hydroxylation sites is 1. The van der Waals surface area contributed by atoms with Gasteiger partial charge in [-0.15, -0.1) is 0 Å². The number of benzene rings is 3. The first-order valence-corrected chi connectivity index (χ1v) is 13.5. The van der Waals surface area contributed by atoms with E-state index < -0.39 is 0 Å². The quantitative estimate of drug-likeness (QED) is 0.231. The lowest BCUT2D eigenvalue weighted by atomic mass is 9.95. The Bertz CT molecular complexity index is 2130. The average molecular weight is 526 g/mol. The van der Waals surface area contributed by atoms with Crippen molar-refractivity contribution in [2.75, 3.05) is 0 Å². The Morgan fingerprint density at radius 1 is 0.488 bits per heavy atom. The predicted molar refractivity (Wildman–Crippen MR) is 165 cm³/mol. The van der Waals surface area contributed by atoms with E-state index >= 15 is 0 Å². The van der Waals surface area contributed by atoms with E-state index in [1.54, 1.807) is 12.4 Å². The molecule has 41 heavy (non-hydrogen) atoms. The van der Waals surface area contributed by atoms with Crippen LogP contribution in [0.2, 0.25) is 0 Å². The highest BCUT2D eigenvalue weighted by atomic mass is 15.0. The lowest BCUT2D eigenvalue weighted by Crippen LogP contribution is -1.93. The molecule has 0 fully saturated rings. The molecule has 0 spiro atoms. The van der Waals surface area contributed by atoms with Crippen molar-refractivity contribution in [2.45, 2.75) is 0 Å². The minimum absolute atomic E-state index is 0.884. The van der Waals surface area contributed by atoms with Crippen molar-refractivity contribution in [1.29, 1.82) is 0 Å². The molecule has 0 aliphatic carbocycles. The van der Waals surface area contributed by atoms with Crippen LogP contribution in [0.4, 0.5) is 0 Å². The lowest BCUT2D eigenvalue weighted by Gasteiger charge is -2.12. The van der Waals surface area contributed by atoms with E-state index in [4.69, 9.17) is 9.97 Å². The summed E-state index contributed by atoms with van der Waals surface area (Å²) in [6.45, 7) is 0. The summed E-state index contributed by atoms with van der Waals surface area (Å²) in [4.78, 5) is 19.0. The molecule has 3 aromatic carbocycles. The monoisotopic (exact) mass is 525 g/mol. The minimum Gasteiger partial charge on any atom is -0.297 e. The number of hydrogen-bond acceptors (Lipinski definition) is 4. The summed E-state index contributed by atoms with van der Waals surface area (Å²) < 4.78 is 2.19. The van der Waals surface area contributed by atoms with E-state index in [-0.39, 0.29) is 0 Å². The van der Waals surface area contributed by atoms with Crippen LogP contribution in [0.5, 0.6) is 0 Å². The molecule has 0 unspecified atom stereocenters. The molecule has 0 saturated heterocycles. The molecule has 5 heteroatoms. The molecule has 5 nitrogen and oxygen atoms in total. The van der Waals surface area contributed by atoms with E-state index in [1.807, 2.05) is 42.7 Å². The summed E-state index contributed by atoms with van der Waals surface area (Å²) in [6, 6.07) is 37.6. The highest BCUT2D eigenvalue weighted by molar-refractivity contribution is 6.09. The number of nitrogens with zero attached hydrogens (tertiary/aromatic N) is 5. The summed E-state index contributed by atoms with van der Waals surface area (Å²) >= 11 is 0. The third-order valence-corrected chi connectivity index (χ3v) is 7.54. The van der Waals surface area contributed by atoms with Crippen LogP contribution in [0.15, 0.2) is 140 Å². The zero-order valence-corrected chi connectivity index (χ0v) is 22.0. The SMILES string of the molecule is c1ccc(-c2nc3ccccc3c3nc4ccc(-c5cc(-c6cccnc6)cc(-c6cccnc6)c5)cn4c23)cc1. The van der Waals surface area contributed by atoms with Gasteiger partial charge in [0.15, 0.2) is 0 Å². The first-order chi connectivity index (χ1) is 20.3. The molecular formula is C36H23N5. The van der Waals surface area contributed by atoms with Gasteiger partial charge in [0.2, 0.25) is 0 Å². The van der Waals surface area contributed by atoms with Crippen molar-refractivity contribution in [2.24, 2.45) is 0 Å². The van der Waals surface area contributed by atoms with E-state index in [1.165, 1.54) is 0 Å². The summed E-state index contributed by atoms with van der Waals surface area (Å²) in [5.41, 5.74) is 12.3. The van der Waals surface area contributed by atoms with Gasteiger partial charge >= 0.3 is 0 Å². The maximum Gasteiger partial charge on any atom is 0.138 e. The molecule has 0 amide bonds. The van der Waals surface area contributed by atoms with Gasteiger partial charge in [-0.3, -0.25) is 14.4 Å². The number of imidazole rings is 1. The molecule has 192 valence electrons. The third kappa shape index (κ3) is 4.03. The third-order valence-electron chi connectivity index (χ3n) is 7.54. The van der Waals surface area contributed by atoms with Crippen LogP contribution in [0.3, 0.4) is 0 Å². The van der Waals surface area contributed by atoms with E-state index in [2.05, 4.69) is 99.4 Å². The van der Waals surface area contributed by atoms with Gasteiger partial charge < -0.3 is 0 Å². The van der Waals surface area contributed by atoms with Crippen molar-refractivity contribution in [1.82, 2.24) is 24.3 Å². The van der Waals surface area contributed by atoms with Gasteiger partial charge in [0, 0.05) is 53.1 Å². The standard InChI is InChI=1S/C36H23N5/c1-2-8-24(9-3-1)34-36-35(31-12-4-5-13-32(31)39-34)40-33-15-14-27(23-41(33)36)30-19-28(25-10-6-16-37-21-25)18-29(20-30)26-11-7-17-38-22-26/h1-23H. The lowest BCUT2D eigenvalue weighted by molar-refractivity contribution is 1.22. The Balaban J connectivity index is 1.40. The van der Waals surface area contributed by atoms with Gasteiger partial charge in [0.1, 0.15) is 11.2 Å². The summed E-state index contributed by atoms with van der Waals surface area (Å²) in [5, 5.41) is 1.05. The fourth-order valence-electron chi connectivity index (χ4n) is 5.57. The molecule has 0 N–H and O–H groups in total. The number of fused-ring (bicyclic) bond motifs is 5. The van der Waals surface area contributed by atoms with Gasteiger partial charge in [-0.2, -0.15) is 0 Å². The average Bonchev–Trinajstić information content (AvgIpc) is 3.45. The summed E-state index contributed by atoms with van der Waals surface area (Å²) in [6.07, 6.45) is 9.59. The fourth-order valence-corrected chi connectivity index (χ4v) is 5.57. The Labute approximate surface area is 236 Å². The number of pyridine rings is 4. The van der Waals surface area contributed by atoms with Gasteiger partial charge in [-0.25, -0.2) is 9.97 Å². The maximum absolute atomic E-state index is 5.13. The van der Waals surface area contributed by atoms with Crippen LogP contribution in [0.25, 0.3) is 72.2 Å². The van der Waals surface area contributed by atoms with Gasteiger partial charge in [-0.1, -0.05) is 60.7 Å². The summed E-state index contributed by atoms with van der Waals surface area (Å²) in [5.74, 6) is 0. The van der Waals surface area contributed by atoms with Crippen LogP contribution >= 0.6 is 0 Å². The Morgan fingerprint density at radius 3 is 1.80 bits per heavy atom. The van der Waals surface area contributed by atoms with E-state index in [0.717, 1.165) is 72.2 Å². The molecule has 5 heterocycles. The van der Waals surface area contributed by atoms with Crippen LogP contribution in [0.1, 0.15) is 0 Å². The van der Waals surface area contributed by atoms with Crippen LogP contribution in [0, 0.1) is 0 Å². The first kappa shape index (κ1) is 23.2. The maximum atomic E-state index is 5.13. The van der Waals surface area contributed by atoms with Gasteiger partial charge in [-0.05, 0) is 70.8 Å². The molecule has 0 aliphatic heterocycles. The predicted octanol–water partition coefficient (Wildman–Crippen LogP) is 8.49. The Kier molecular flexibility index (Phi) is 5.38. The summed E-state index contributed by atoms with van der Waals surface area (Å²) in [7, 11) is 0. The van der Waals surface area contributed by atoms with Crippen molar-refractivity contribution >= 4 is 27.6 Å². The second kappa shape index (κ2) is 9.50. The Morgan fingerprint density at radius 2 is 1.12 bits per heavy atom. The molecular weight excluding hydrogens is 502 g/mol. The smallest absolute Gasteiger partial charge is 0.138 e. The zero-order valence-electron chi connectivity index (χ0n) is 22.0. The van der Waals surface area contributed by atoms with E-state index in [0.29, 0.717) is 0 Å². The largest absolute Gasteiger partial charge is 0.297 e. The number of aromatic nitrogens is 5. The second-order valence-corrected chi connectivity index (χ2v) is 10.1. The molecule has 5 aromatic heterocycles.